The third-order valence-corrected chi connectivity index (χ3v) is 16.4. The lowest BCUT2D eigenvalue weighted by Crippen LogP contribution is -2.37. The van der Waals surface area contributed by atoms with Gasteiger partial charge in [-0.25, -0.2) is 0 Å². The van der Waals surface area contributed by atoms with Crippen LogP contribution >= 0.6 is 7.82 Å². The summed E-state index contributed by atoms with van der Waals surface area (Å²) in [5, 5.41) is 0. The Hall–Kier alpha value is -6.97. The fraction of sp³-hybridized carbons (Fsp3) is 0.489. The first-order valence-electron chi connectivity index (χ1n) is 39.7. The number of likely N-dealkylation sites (N-methyl/N-ethyl adjacent to an activating group) is 1. The number of esters is 2. The Labute approximate surface area is 636 Å². The minimum atomic E-state index is -4.68. The largest absolute Gasteiger partial charge is 0.756 e. The number of phosphoric acid groups is 1. The quantitative estimate of drug-likeness (QED) is 0.0195. The van der Waals surface area contributed by atoms with Crippen LogP contribution < -0.4 is 4.89 Å². The molecule has 0 radical (unpaired) electrons. The third kappa shape index (κ3) is 84.0. The van der Waals surface area contributed by atoms with E-state index in [4.69, 9.17) is 18.5 Å². The molecule has 0 bridgehead atoms. The molecule has 0 aromatic heterocycles. The van der Waals surface area contributed by atoms with Gasteiger partial charge in [0.05, 0.1) is 27.7 Å². The van der Waals surface area contributed by atoms with Crippen molar-refractivity contribution < 1.29 is 42.1 Å². The predicted octanol–water partition coefficient (Wildman–Crippen LogP) is 26.5. The average molecular weight is 1450 g/mol. The standard InChI is InChI=1S/C94H142NO8P/c1-6-8-10-12-14-16-18-20-22-24-26-28-30-32-34-36-38-40-42-44-46-47-49-51-53-55-57-59-61-63-65-67-69-71-73-75-77-79-81-83-85-87-94(97)103-92(91-102-104(98,99)101-89-88-95(3,4)5)90-100-93(96)86-84-82-80-78-76-74-72-70-68-66-64-62-60-58-56-54-52-50-48-45-43-41-39-37-35-33-31-29-27-25-23-21-19-17-15-13-11-9-7-2/h8-11,14-17,20-23,26-29,32-35,38-41,44-46,48-49,51-52,54-55,57-58,60-61,63-64,66-67,69-70,72-73,75,92H,6-7,12-13,18-19,24-25,30-31,36-37,42-43,47,50,53,56,59,62,65,68,71,74,76-91H2,1-5H3/b10-8-,11-9-,16-14-,17-15-,22-20-,23-21-,28-26-,29-27-,34-32-,35-33-,40-38-,41-39-,46-44-,48-45-,51-49-,54-52-,57-55-,60-58-,63-61-,66-64-,69-67-,72-70-,75-73-. The summed E-state index contributed by atoms with van der Waals surface area (Å²) in [5.41, 5.74) is 0. The highest BCUT2D eigenvalue weighted by Gasteiger charge is 2.22. The number of ether oxygens (including phenoxy) is 2. The van der Waals surface area contributed by atoms with Gasteiger partial charge in [0, 0.05) is 12.8 Å². The molecule has 0 heterocycles. The fourth-order valence-corrected chi connectivity index (χ4v) is 10.2. The number of unbranched alkanes of at least 4 members (excludes halogenated alkanes) is 9. The molecule has 0 aliphatic carbocycles. The molecule has 0 spiro atoms. The van der Waals surface area contributed by atoms with E-state index >= 15 is 0 Å². The first-order valence-corrected chi connectivity index (χ1v) is 41.2. The second-order valence-electron chi connectivity index (χ2n) is 26.3. The number of phosphoric ester groups is 1. The number of carbonyl (C=O) groups excluding carboxylic acids is 2. The molecule has 0 aliphatic rings. The molecular weight excluding hydrogens is 1300 g/mol. The summed E-state index contributed by atoms with van der Waals surface area (Å²) < 4.78 is 34.3. The highest BCUT2D eigenvalue weighted by Crippen LogP contribution is 2.38. The van der Waals surface area contributed by atoms with Crippen LogP contribution in [-0.2, 0) is 32.7 Å². The van der Waals surface area contributed by atoms with Crippen molar-refractivity contribution in [3.63, 3.8) is 0 Å². The first kappa shape index (κ1) is 97.0. The smallest absolute Gasteiger partial charge is 0.306 e. The minimum absolute atomic E-state index is 0.0556. The predicted molar refractivity (Wildman–Crippen MR) is 451 cm³/mol. The molecule has 0 saturated carbocycles. The van der Waals surface area contributed by atoms with E-state index in [-0.39, 0.29) is 26.1 Å². The Balaban J connectivity index is 4.23. The lowest BCUT2D eigenvalue weighted by molar-refractivity contribution is -0.870. The van der Waals surface area contributed by atoms with Crippen LogP contribution in [0.25, 0.3) is 0 Å². The van der Waals surface area contributed by atoms with E-state index < -0.39 is 32.5 Å². The summed E-state index contributed by atoms with van der Waals surface area (Å²) in [7, 11) is 1.09. The van der Waals surface area contributed by atoms with Crippen LogP contribution in [0.2, 0.25) is 0 Å². The van der Waals surface area contributed by atoms with Crippen LogP contribution in [0, 0.1) is 0 Å². The van der Waals surface area contributed by atoms with Crippen LogP contribution in [0.15, 0.2) is 279 Å². The van der Waals surface area contributed by atoms with E-state index in [9.17, 15) is 19.0 Å². The van der Waals surface area contributed by atoms with Crippen molar-refractivity contribution >= 4 is 19.8 Å². The Bertz CT molecular complexity index is 2820. The molecule has 0 amide bonds. The van der Waals surface area contributed by atoms with E-state index in [1.165, 1.54) is 0 Å². The van der Waals surface area contributed by atoms with E-state index in [1.807, 2.05) is 21.1 Å². The number of carbonyl (C=O) groups is 2. The highest BCUT2D eigenvalue weighted by molar-refractivity contribution is 7.45. The lowest BCUT2D eigenvalue weighted by atomic mass is 10.1. The molecule has 104 heavy (non-hydrogen) atoms. The van der Waals surface area contributed by atoms with Crippen LogP contribution in [0.1, 0.15) is 245 Å². The Morgan fingerprint density at radius 2 is 0.519 bits per heavy atom. The molecule has 0 aromatic rings. The van der Waals surface area contributed by atoms with Gasteiger partial charge in [0.2, 0.25) is 0 Å². The van der Waals surface area contributed by atoms with Crippen molar-refractivity contribution in [2.24, 2.45) is 0 Å². The van der Waals surface area contributed by atoms with Gasteiger partial charge in [-0.2, -0.15) is 0 Å². The molecule has 0 aliphatic heterocycles. The molecule has 10 heteroatoms. The van der Waals surface area contributed by atoms with Crippen molar-refractivity contribution in [1.29, 1.82) is 0 Å². The van der Waals surface area contributed by atoms with Gasteiger partial charge in [-0.05, 0) is 186 Å². The third-order valence-electron chi connectivity index (χ3n) is 15.4. The number of rotatable bonds is 69. The minimum Gasteiger partial charge on any atom is -0.756 e. The van der Waals surface area contributed by atoms with Gasteiger partial charge >= 0.3 is 11.9 Å². The van der Waals surface area contributed by atoms with Crippen molar-refractivity contribution in [2.75, 3.05) is 47.5 Å². The van der Waals surface area contributed by atoms with Crippen LogP contribution in [-0.4, -0.2) is 70.0 Å². The zero-order valence-electron chi connectivity index (χ0n) is 65.6. The summed E-state index contributed by atoms with van der Waals surface area (Å²) in [6, 6.07) is 0. The number of hydrogen-bond acceptors (Lipinski definition) is 8. The Morgan fingerprint density at radius 1 is 0.298 bits per heavy atom. The Morgan fingerprint density at radius 3 is 0.769 bits per heavy atom. The van der Waals surface area contributed by atoms with Crippen LogP contribution in [0.4, 0.5) is 0 Å². The number of nitrogens with zero attached hydrogens (tertiary/aromatic N) is 1. The van der Waals surface area contributed by atoms with Crippen molar-refractivity contribution in [3.8, 4) is 0 Å². The van der Waals surface area contributed by atoms with Crippen LogP contribution in [0.5, 0.6) is 0 Å². The summed E-state index contributed by atoms with van der Waals surface area (Å²) in [6.07, 6.45) is 134. The first-order chi connectivity index (χ1) is 51.0. The van der Waals surface area contributed by atoms with E-state index in [0.717, 1.165) is 205 Å². The van der Waals surface area contributed by atoms with E-state index in [2.05, 4.69) is 293 Å². The lowest BCUT2D eigenvalue weighted by Gasteiger charge is -2.28. The van der Waals surface area contributed by atoms with Crippen molar-refractivity contribution in [1.82, 2.24) is 0 Å². The normalized spacial score (nSPS) is 14.6. The Kier molecular flexibility index (Phi) is 74.8. The number of quaternary nitrogens is 1. The van der Waals surface area contributed by atoms with Gasteiger partial charge in [-0.15, -0.1) is 0 Å². The maximum atomic E-state index is 12.9. The average Bonchev–Trinajstić information content (AvgIpc) is 0.920. The summed E-state index contributed by atoms with van der Waals surface area (Å²) >= 11 is 0. The summed E-state index contributed by atoms with van der Waals surface area (Å²) in [5.74, 6) is -0.908. The topological polar surface area (TPSA) is 111 Å². The van der Waals surface area contributed by atoms with E-state index in [1.54, 1.807) is 0 Å². The van der Waals surface area contributed by atoms with Crippen molar-refractivity contribution in [3.05, 3.63) is 279 Å². The molecule has 576 valence electrons. The zero-order chi connectivity index (χ0) is 75.4. The SMILES string of the molecule is CC/C=C\C/C=C\C/C=C\C/C=C\C/C=C\C/C=C\C/C=C\C/C=C\C/C=C\C/C=C\C/C=C\C/C=C\CCCCCCC(=O)OC(COC(=O)CCCCCCC/C=C\C/C=C\C/C=C\C/C=C\C/C=C\C/C=C\C/C=C\C/C=C\C/C=C\C/C=C\C/C=C\CC)COP(=O)([O-])OCC[N+](C)(C)C. The monoisotopic (exact) mass is 1440 g/mol. The molecule has 2 atom stereocenters. The van der Waals surface area contributed by atoms with Gasteiger partial charge in [0.25, 0.3) is 7.82 Å². The molecule has 9 nitrogen and oxygen atoms in total. The second kappa shape index (κ2) is 80.1. The maximum absolute atomic E-state index is 12.9. The molecule has 0 aromatic carbocycles. The van der Waals surface area contributed by atoms with E-state index in [0.29, 0.717) is 23.9 Å². The second-order valence-corrected chi connectivity index (χ2v) is 27.7. The zero-order valence-corrected chi connectivity index (χ0v) is 66.5. The summed E-state index contributed by atoms with van der Waals surface area (Å²) in [6.45, 7) is 3.92. The molecular formula is C94H142NO8P. The molecule has 0 fully saturated rings. The fourth-order valence-electron chi connectivity index (χ4n) is 9.46. The highest BCUT2D eigenvalue weighted by atomic mass is 31.2. The molecule has 2 unspecified atom stereocenters. The summed E-state index contributed by atoms with van der Waals surface area (Å²) in [4.78, 5) is 38.2. The van der Waals surface area contributed by atoms with Gasteiger partial charge in [-0.3, -0.25) is 14.2 Å². The van der Waals surface area contributed by atoms with Crippen LogP contribution in [0.3, 0.4) is 0 Å². The maximum Gasteiger partial charge on any atom is 0.306 e. The van der Waals surface area contributed by atoms with Crippen molar-refractivity contribution in [2.45, 2.75) is 251 Å². The van der Waals surface area contributed by atoms with Gasteiger partial charge in [0.15, 0.2) is 6.10 Å². The molecule has 0 N–H and O–H groups in total. The number of allylic oxidation sites excluding steroid dienone is 46. The van der Waals surface area contributed by atoms with Gasteiger partial charge in [-0.1, -0.05) is 325 Å². The number of hydrogen-bond donors (Lipinski definition) is 0. The van der Waals surface area contributed by atoms with Gasteiger partial charge < -0.3 is 27.9 Å². The van der Waals surface area contributed by atoms with Gasteiger partial charge in [0.1, 0.15) is 19.8 Å². The molecule has 0 saturated heterocycles. The molecule has 0 rings (SSSR count).